The van der Waals surface area contributed by atoms with Gasteiger partial charge in [-0.3, -0.25) is 19.3 Å². The summed E-state index contributed by atoms with van der Waals surface area (Å²) in [6.45, 7) is 4.30. The number of carbonyl (C=O) groups excluding carboxylic acids is 3. The Balaban J connectivity index is 1.29. The monoisotopic (exact) mass is 478 g/mol. The van der Waals surface area contributed by atoms with Crippen LogP contribution >= 0.6 is 11.3 Å². The van der Waals surface area contributed by atoms with E-state index in [-0.39, 0.29) is 30.7 Å². The molecule has 176 valence electrons. The number of aromatic nitrogens is 1. The molecule has 1 unspecified atom stereocenters. The Kier molecular flexibility index (Phi) is 6.16. The number of nitrogens with zero attached hydrogens (tertiary/aromatic N) is 4. The van der Waals surface area contributed by atoms with E-state index in [1.165, 1.54) is 10.5 Å². The predicted molar refractivity (Wildman–Crippen MR) is 131 cm³/mol. The molecule has 0 radical (unpaired) electrons. The molecule has 9 heteroatoms. The number of fused-ring (bicyclic) bond motifs is 1. The van der Waals surface area contributed by atoms with Crippen molar-refractivity contribution in [3.63, 3.8) is 0 Å². The van der Waals surface area contributed by atoms with Gasteiger partial charge in [0.05, 0.1) is 48.1 Å². The summed E-state index contributed by atoms with van der Waals surface area (Å²) in [6, 6.07) is 12.9. The molecule has 5 rings (SSSR count). The number of aryl methyl sites for hydroxylation is 1. The van der Waals surface area contributed by atoms with Gasteiger partial charge < -0.3 is 9.64 Å². The Morgan fingerprint density at radius 2 is 1.88 bits per heavy atom. The first-order valence-electron chi connectivity index (χ1n) is 11.3. The van der Waals surface area contributed by atoms with Crippen molar-refractivity contribution in [3.05, 3.63) is 48.0 Å². The zero-order chi connectivity index (χ0) is 23.8. The Labute approximate surface area is 201 Å². The second-order valence-electron chi connectivity index (χ2n) is 8.73. The Bertz CT molecular complexity index is 1250. The molecule has 8 nitrogen and oxygen atoms in total. The first kappa shape index (κ1) is 22.6. The zero-order valence-electron chi connectivity index (χ0n) is 19.2. The number of carbonyl (C=O) groups is 3. The Morgan fingerprint density at radius 3 is 2.62 bits per heavy atom. The van der Waals surface area contributed by atoms with Gasteiger partial charge >= 0.3 is 0 Å². The van der Waals surface area contributed by atoms with E-state index in [4.69, 9.17) is 9.72 Å². The van der Waals surface area contributed by atoms with Gasteiger partial charge in [0.25, 0.3) is 5.91 Å². The number of hydrogen-bond donors (Lipinski definition) is 0. The molecule has 3 aromatic rings. The quantitative estimate of drug-likeness (QED) is 0.525. The third-order valence-electron chi connectivity index (χ3n) is 6.32. The molecule has 0 spiro atoms. The molecule has 2 aromatic carbocycles. The van der Waals surface area contributed by atoms with Gasteiger partial charge in [-0.2, -0.15) is 0 Å². The highest BCUT2D eigenvalue weighted by atomic mass is 32.1. The lowest BCUT2D eigenvalue weighted by Crippen LogP contribution is -2.48. The average molecular weight is 479 g/mol. The number of likely N-dealkylation sites (N-methyl/N-ethyl adjacent to an activating group) is 1. The third kappa shape index (κ3) is 4.34. The fraction of sp³-hybridized carbons (Fsp3) is 0.360. The van der Waals surface area contributed by atoms with E-state index >= 15 is 0 Å². The summed E-state index contributed by atoms with van der Waals surface area (Å²) in [5.41, 5.74) is 3.62. The number of anilines is 1. The highest BCUT2D eigenvalue weighted by Gasteiger charge is 2.42. The van der Waals surface area contributed by atoms with Crippen molar-refractivity contribution in [2.24, 2.45) is 0 Å². The summed E-state index contributed by atoms with van der Waals surface area (Å²) in [5.74, 6) is -0.616. The van der Waals surface area contributed by atoms with E-state index in [1.54, 1.807) is 40.3 Å². The first-order chi connectivity index (χ1) is 16.4. The molecule has 0 N–H and O–H groups in total. The van der Waals surface area contributed by atoms with Crippen LogP contribution in [0.25, 0.3) is 20.8 Å². The molecule has 34 heavy (non-hydrogen) atoms. The van der Waals surface area contributed by atoms with E-state index in [0.717, 1.165) is 20.8 Å². The Morgan fingerprint density at radius 1 is 1.15 bits per heavy atom. The van der Waals surface area contributed by atoms with Gasteiger partial charge in [0.1, 0.15) is 5.01 Å². The summed E-state index contributed by atoms with van der Waals surface area (Å²) >= 11 is 1.62. The molecule has 1 aromatic heterocycles. The van der Waals surface area contributed by atoms with Crippen molar-refractivity contribution < 1.29 is 19.1 Å². The van der Waals surface area contributed by atoms with Gasteiger partial charge in [0.2, 0.25) is 11.8 Å². The number of amides is 3. The van der Waals surface area contributed by atoms with Gasteiger partial charge in [0, 0.05) is 18.7 Å². The molecule has 1 atom stereocenters. The van der Waals surface area contributed by atoms with Crippen LogP contribution in [0.3, 0.4) is 0 Å². The standard InChI is InChI=1S/C25H26N4O4S/c1-16-3-8-19-21(13-16)34-24(26-19)17-4-6-18(7-5-17)29-22(30)14-20(25(29)32)27(2)15-23(31)28-9-11-33-12-10-28/h3-8,13,20H,9-12,14-15H2,1-2H3. The molecule has 2 saturated heterocycles. The van der Waals surface area contributed by atoms with Crippen molar-refractivity contribution in [3.8, 4) is 10.6 Å². The van der Waals surface area contributed by atoms with Crippen LogP contribution in [0.15, 0.2) is 42.5 Å². The summed E-state index contributed by atoms with van der Waals surface area (Å²) in [5, 5.41) is 0.894. The van der Waals surface area contributed by atoms with Crippen LogP contribution in [-0.4, -0.2) is 78.4 Å². The number of thiazole rings is 1. The summed E-state index contributed by atoms with van der Waals surface area (Å²) in [4.78, 5) is 47.8. The first-order valence-corrected chi connectivity index (χ1v) is 12.1. The summed E-state index contributed by atoms with van der Waals surface area (Å²) in [7, 11) is 1.72. The van der Waals surface area contributed by atoms with Gasteiger partial charge in [-0.05, 0) is 55.9 Å². The molecule has 2 aliphatic rings. The van der Waals surface area contributed by atoms with E-state index in [9.17, 15) is 14.4 Å². The molecule has 2 fully saturated rings. The minimum atomic E-state index is -0.648. The fourth-order valence-electron chi connectivity index (χ4n) is 4.38. The lowest BCUT2D eigenvalue weighted by molar-refractivity contribution is -0.137. The molecule has 0 aliphatic carbocycles. The van der Waals surface area contributed by atoms with Gasteiger partial charge in [-0.15, -0.1) is 11.3 Å². The van der Waals surface area contributed by atoms with Crippen molar-refractivity contribution in [2.45, 2.75) is 19.4 Å². The van der Waals surface area contributed by atoms with Crippen LogP contribution < -0.4 is 4.90 Å². The van der Waals surface area contributed by atoms with Crippen LogP contribution in [0.1, 0.15) is 12.0 Å². The summed E-state index contributed by atoms with van der Waals surface area (Å²) in [6.07, 6.45) is 0.0602. The molecule has 3 amide bonds. The lowest BCUT2D eigenvalue weighted by Gasteiger charge is -2.30. The molecular weight excluding hydrogens is 452 g/mol. The van der Waals surface area contributed by atoms with Crippen LogP contribution in [0.2, 0.25) is 0 Å². The van der Waals surface area contributed by atoms with E-state index in [0.29, 0.717) is 32.0 Å². The van der Waals surface area contributed by atoms with Gasteiger partial charge in [-0.1, -0.05) is 6.07 Å². The molecule has 3 heterocycles. The van der Waals surface area contributed by atoms with E-state index in [2.05, 4.69) is 13.0 Å². The number of benzene rings is 2. The number of morpholine rings is 1. The topological polar surface area (TPSA) is 83.1 Å². The zero-order valence-corrected chi connectivity index (χ0v) is 20.0. The maximum absolute atomic E-state index is 13.1. The third-order valence-corrected chi connectivity index (χ3v) is 7.39. The maximum atomic E-state index is 13.1. The largest absolute Gasteiger partial charge is 0.378 e. The van der Waals surface area contributed by atoms with Crippen molar-refractivity contribution in [1.82, 2.24) is 14.8 Å². The van der Waals surface area contributed by atoms with Crippen molar-refractivity contribution in [2.75, 3.05) is 44.8 Å². The molecular formula is C25H26N4O4S. The highest BCUT2D eigenvalue weighted by molar-refractivity contribution is 7.21. The van der Waals surface area contributed by atoms with Crippen LogP contribution in [-0.2, 0) is 19.1 Å². The van der Waals surface area contributed by atoms with Crippen LogP contribution in [0.4, 0.5) is 5.69 Å². The van der Waals surface area contributed by atoms with Crippen molar-refractivity contribution >= 4 is 45.0 Å². The van der Waals surface area contributed by atoms with Crippen LogP contribution in [0, 0.1) is 6.92 Å². The lowest BCUT2D eigenvalue weighted by atomic mass is 10.2. The number of ether oxygens (including phenoxy) is 1. The predicted octanol–water partition coefficient (Wildman–Crippen LogP) is 2.69. The molecule has 2 aliphatic heterocycles. The minimum absolute atomic E-state index is 0.0557. The van der Waals surface area contributed by atoms with Crippen molar-refractivity contribution in [1.29, 1.82) is 0 Å². The second-order valence-corrected chi connectivity index (χ2v) is 9.76. The molecule has 0 bridgehead atoms. The fourth-order valence-corrected chi connectivity index (χ4v) is 5.45. The van der Waals surface area contributed by atoms with Gasteiger partial charge in [-0.25, -0.2) is 9.88 Å². The van der Waals surface area contributed by atoms with Gasteiger partial charge in [0.15, 0.2) is 0 Å². The number of hydrogen-bond acceptors (Lipinski definition) is 7. The second kappa shape index (κ2) is 9.25. The number of imide groups is 1. The highest BCUT2D eigenvalue weighted by Crippen LogP contribution is 2.33. The minimum Gasteiger partial charge on any atom is -0.378 e. The maximum Gasteiger partial charge on any atom is 0.251 e. The molecule has 0 saturated carbocycles. The van der Waals surface area contributed by atoms with Crippen LogP contribution in [0.5, 0.6) is 0 Å². The normalized spacial score (nSPS) is 19.0. The van der Waals surface area contributed by atoms with E-state index < -0.39 is 6.04 Å². The van der Waals surface area contributed by atoms with E-state index in [1.807, 2.05) is 24.3 Å². The SMILES string of the molecule is Cc1ccc2nc(-c3ccc(N4C(=O)CC(N(C)CC(=O)N5CCOCC5)C4=O)cc3)sc2c1. The average Bonchev–Trinajstić information content (AvgIpc) is 3.39. The smallest absolute Gasteiger partial charge is 0.251 e. The Hall–Kier alpha value is -3.14. The number of rotatable bonds is 5. The summed E-state index contributed by atoms with van der Waals surface area (Å²) < 4.78 is 6.42.